The molecule has 4 nitrogen and oxygen atoms in total. The second-order valence-corrected chi connectivity index (χ2v) is 5.82. The van der Waals surface area contributed by atoms with E-state index in [-0.39, 0.29) is 11.8 Å². The largest absolute Gasteiger partial charge is 0.317 e. The quantitative estimate of drug-likeness (QED) is 0.683. The molecule has 14 heavy (non-hydrogen) atoms. The third-order valence-electron chi connectivity index (χ3n) is 2.66. The average Bonchev–Trinajstić information content (AvgIpc) is 2.07. The minimum absolute atomic E-state index is 0.161. The first-order valence-electron chi connectivity index (χ1n) is 5.24. The summed E-state index contributed by atoms with van der Waals surface area (Å²) in [4.78, 5) is 0. The first-order chi connectivity index (χ1) is 6.57. The van der Waals surface area contributed by atoms with Gasteiger partial charge < -0.3 is 5.32 Å². The van der Waals surface area contributed by atoms with E-state index in [1.165, 1.54) is 0 Å². The van der Waals surface area contributed by atoms with Crippen molar-refractivity contribution in [2.45, 2.75) is 44.7 Å². The fourth-order valence-corrected chi connectivity index (χ4v) is 3.08. The van der Waals surface area contributed by atoms with E-state index in [9.17, 15) is 8.42 Å². The third kappa shape index (κ3) is 3.55. The Balaban J connectivity index is 2.24. The van der Waals surface area contributed by atoms with Gasteiger partial charge in [0.1, 0.15) is 0 Å². The molecule has 2 N–H and O–H groups in total. The fraction of sp³-hybridized carbons (Fsp3) is 1.00. The molecule has 0 aromatic carbocycles. The summed E-state index contributed by atoms with van der Waals surface area (Å²) in [6, 6.07) is 0.656. The van der Waals surface area contributed by atoms with Gasteiger partial charge in [0.25, 0.3) is 0 Å². The van der Waals surface area contributed by atoms with Crippen LogP contribution in [0.5, 0.6) is 0 Å². The highest BCUT2D eigenvalue weighted by molar-refractivity contribution is 7.89. The summed E-state index contributed by atoms with van der Waals surface area (Å²) in [5, 5.41) is 3.13. The van der Waals surface area contributed by atoms with Crippen LogP contribution in [0.1, 0.15) is 32.6 Å². The van der Waals surface area contributed by atoms with Crippen molar-refractivity contribution in [3.05, 3.63) is 0 Å². The van der Waals surface area contributed by atoms with Crippen molar-refractivity contribution in [1.29, 1.82) is 0 Å². The van der Waals surface area contributed by atoms with Crippen molar-refractivity contribution in [2.75, 3.05) is 12.8 Å². The number of rotatable bonds is 6. The topological polar surface area (TPSA) is 58.2 Å². The van der Waals surface area contributed by atoms with E-state index < -0.39 is 10.0 Å². The molecule has 0 aliphatic heterocycles. The molecule has 0 heterocycles. The Morgan fingerprint density at radius 1 is 1.29 bits per heavy atom. The van der Waals surface area contributed by atoms with Crippen LogP contribution in [0.25, 0.3) is 0 Å². The second-order valence-electron chi connectivity index (χ2n) is 3.94. The van der Waals surface area contributed by atoms with Crippen molar-refractivity contribution < 1.29 is 8.42 Å². The van der Waals surface area contributed by atoms with Gasteiger partial charge in [0.15, 0.2) is 0 Å². The third-order valence-corrected chi connectivity index (χ3v) is 4.18. The van der Waals surface area contributed by atoms with Crippen LogP contribution in [0.2, 0.25) is 0 Å². The van der Waals surface area contributed by atoms with Crippen LogP contribution in [0.4, 0.5) is 0 Å². The van der Waals surface area contributed by atoms with Crippen LogP contribution in [0.15, 0.2) is 0 Å². The molecule has 0 atom stereocenters. The molecule has 0 spiro atoms. The predicted octanol–water partition coefficient (Wildman–Crippen LogP) is 0.456. The summed E-state index contributed by atoms with van der Waals surface area (Å²) in [5.74, 6) is 0.268. The van der Waals surface area contributed by atoms with Crippen LogP contribution in [0, 0.1) is 0 Å². The summed E-state index contributed by atoms with van der Waals surface area (Å²) < 4.78 is 25.6. The Morgan fingerprint density at radius 3 is 2.43 bits per heavy atom. The lowest BCUT2D eigenvalue weighted by molar-refractivity contribution is 0.288. The minimum atomic E-state index is -3.01. The summed E-state index contributed by atoms with van der Waals surface area (Å²) in [6.07, 6.45) is 3.51. The van der Waals surface area contributed by atoms with Crippen LogP contribution in [-0.2, 0) is 10.0 Å². The lowest BCUT2D eigenvalue weighted by atomic mass is 9.88. The maximum Gasteiger partial charge on any atom is 0.211 e. The SMILES string of the molecule is CCCCS(=O)(=O)NC1CC(NC)C1. The number of hydrogen-bond donors (Lipinski definition) is 2. The fourth-order valence-electron chi connectivity index (χ4n) is 1.60. The number of unbranched alkanes of at least 4 members (excludes halogenated alkanes) is 1. The molecule has 1 fully saturated rings. The van der Waals surface area contributed by atoms with Gasteiger partial charge >= 0.3 is 0 Å². The lowest BCUT2D eigenvalue weighted by Crippen LogP contribution is -2.51. The van der Waals surface area contributed by atoms with Crippen LogP contribution >= 0.6 is 0 Å². The smallest absolute Gasteiger partial charge is 0.211 e. The van der Waals surface area contributed by atoms with E-state index in [0.717, 1.165) is 25.7 Å². The molecule has 1 saturated carbocycles. The molecule has 5 heteroatoms. The van der Waals surface area contributed by atoms with Crippen LogP contribution < -0.4 is 10.0 Å². The molecule has 0 aromatic rings. The van der Waals surface area contributed by atoms with Gasteiger partial charge in [0, 0.05) is 12.1 Å². The molecule has 1 aliphatic carbocycles. The Bertz CT molecular complexity index is 258. The van der Waals surface area contributed by atoms with E-state index >= 15 is 0 Å². The summed E-state index contributed by atoms with van der Waals surface area (Å²) in [6.45, 7) is 2.00. The monoisotopic (exact) mass is 220 g/mol. The van der Waals surface area contributed by atoms with E-state index in [1.54, 1.807) is 0 Å². The van der Waals surface area contributed by atoms with Gasteiger partial charge in [-0.3, -0.25) is 0 Å². The Morgan fingerprint density at radius 2 is 1.93 bits per heavy atom. The summed E-state index contributed by atoms with van der Waals surface area (Å²) >= 11 is 0. The van der Waals surface area contributed by atoms with Gasteiger partial charge in [0.05, 0.1) is 5.75 Å². The molecule has 0 unspecified atom stereocenters. The number of hydrogen-bond acceptors (Lipinski definition) is 3. The first kappa shape index (κ1) is 11.9. The van der Waals surface area contributed by atoms with Gasteiger partial charge in [-0.15, -0.1) is 0 Å². The number of sulfonamides is 1. The van der Waals surface area contributed by atoms with Crippen LogP contribution in [0.3, 0.4) is 0 Å². The van der Waals surface area contributed by atoms with Gasteiger partial charge in [-0.25, -0.2) is 13.1 Å². The molecule has 1 rings (SSSR count). The molecule has 0 amide bonds. The highest BCUT2D eigenvalue weighted by Crippen LogP contribution is 2.20. The average molecular weight is 220 g/mol. The van der Waals surface area contributed by atoms with E-state index in [4.69, 9.17) is 0 Å². The summed E-state index contributed by atoms with van der Waals surface area (Å²) in [5.41, 5.74) is 0. The molecule has 0 bridgehead atoms. The highest BCUT2D eigenvalue weighted by Gasteiger charge is 2.30. The van der Waals surface area contributed by atoms with Crippen molar-refractivity contribution in [1.82, 2.24) is 10.0 Å². The zero-order chi connectivity index (χ0) is 10.6. The van der Waals surface area contributed by atoms with E-state index in [1.807, 2.05) is 14.0 Å². The standard InChI is InChI=1S/C9H20N2O2S/c1-3-4-5-14(12,13)11-9-6-8(7-9)10-2/h8-11H,3-7H2,1-2H3. The molecule has 1 aliphatic rings. The summed E-state index contributed by atoms with van der Waals surface area (Å²) in [7, 11) is -1.10. The van der Waals surface area contributed by atoms with E-state index in [0.29, 0.717) is 6.04 Å². The normalized spacial score (nSPS) is 27.3. The molecule has 84 valence electrons. The zero-order valence-electron chi connectivity index (χ0n) is 8.91. The first-order valence-corrected chi connectivity index (χ1v) is 6.90. The highest BCUT2D eigenvalue weighted by atomic mass is 32.2. The maximum absolute atomic E-state index is 11.5. The maximum atomic E-state index is 11.5. The second kappa shape index (κ2) is 5.09. The Hall–Kier alpha value is -0.130. The van der Waals surface area contributed by atoms with Gasteiger partial charge in [-0.1, -0.05) is 13.3 Å². The molecular formula is C9H20N2O2S. The lowest BCUT2D eigenvalue weighted by Gasteiger charge is -2.35. The van der Waals surface area contributed by atoms with Crippen molar-refractivity contribution in [2.24, 2.45) is 0 Å². The van der Waals surface area contributed by atoms with Crippen LogP contribution in [-0.4, -0.2) is 33.3 Å². The van der Waals surface area contributed by atoms with Gasteiger partial charge in [-0.2, -0.15) is 0 Å². The minimum Gasteiger partial charge on any atom is -0.317 e. The van der Waals surface area contributed by atoms with Crippen molar-refractivity contribution in [3.63, 3.8) is 0 Å². The molecular weight excluding hydrogens is 200 g/mol. The van der Waals surface area contributed by atoms with Crippen molar-refractivity contribution >= 4 is 10.0 Å². The van der Waals surface area contributed by atoms with Gasteiger partial charge in [0.2, 0.25) is 10.0 Å². The molecule has 0 radical (unpaired) electrons. The van der Waals surface area contributed by atoms with Gasteiger partial charge in [-0.05, 0) is 26.3 Å². The van der Waals surface area contributed by atoms with Crippen molar-refractivity contribution in [3.8, 4) is 0 Å². The number of nitrogens with one attached hydrogen (secondary N) is 2. The predicted molar refractivity (Wildman–Crippen MR) is 57.7 cm³/mol. The zero-order valence-corrected chi connectivity index (χ0v) is 9.73. The Labute approximate surface area is 86.5 Å². The molecule has 0 saturated heterocycles. The Kier molecular flexibility index (Phi) is 4.34. The van der Waals surface area contributed by atoms with E-state index in [2.05, 4.69) is 10.0 Å². The molecule has 0 aromatic heterocycles.